The highest BCUT2D eigenvalue weighted by atomic mass is 16.5. The first kappa shape index (κ1) is 16.5. The van der Waals surface area contributed by atoms with E-state index in [2.05, 4.69) is 16.9 Å². The summed E-state index contributed by atoms with van der Waals surface area (Å²) in [5.74, 6) is -0.130. The Balaban J connectivity index is 2.31. The van der Waals surface area contributed by atoms with Crippen LogP contribution in [0.3, 0.4) is 0 Å². The summed E-state index contributed by atoms with van der Waals surface area (Å²) in [5, 5.41) is 2.69. The molecule has 1 aliphatic rings. The van der Waals surface area contributed by atoms with Gasteiger partial charge in [0, 0.05) is 29.6 Å². The third-order valence-electron chi connectivity index (χ3n) is 3.30. The van der Waals surface area contributed by atoms with Crippen molar-refractivity contribution in [1.29, 1.82) is 0 Å². The lowest BCUT2D eigenvalue weighted by Crippen LogP contribution is -2.12. The molecule has 1 aromatic rings. The molecule has 5 heteroatoms. The van der Waals surface area contributed by atoms with Crippen LogP contribution in [0, 0.1) is 0 Å². The van der Waals surface area contributed by atoms with E-state index in [1.165, 1.54) is 0 Å². The van der Waals surface area contributed by atoms with Crippen molar-refractivity contribution in [2.75, 3.05) is 0 Å². The quantitative estimate of drug-likeness (QED) is 0.498. The number of ether oxygens (including phenoxy) is 1. The lowest BCUT2D eigenvalue weighted by molar-refractivity contribution is -0.139. The number of esters is 1. The van der Waals surface area contributed by atoms with Crippen LogP contribution in [0.5, 0.6) is 0 Å². The Labute approximate surface area is 135 Å². The van der Waals surface area contributed by atoms with Gasteiger partial charge in [-0.15, -0.1) is 0 Å². The van der Waals surface area contributed by atoms with E-state index < -0.39 is 0 Å². The molecule has 1 amide bonds. The second-order valence-corrected chi connectivity index (χ2v) is 5.09. The Morgan fingerprint density at radius 2 is 2.17 bits per heavy atom. The van der Waals surface area contributed by atoms with Crippen molar-refractivity contribution in [3.05, 3.63) is 65.4 Å². The number of amides is 1. The molecule has 2 heterocycles. The second-order valence-electron chi connectivity index (χ2n) is 5.09. The zero-order valence-electron chi connectivity index (χ0n) is 13.3. The molecule has 1 aliphatic heterocycles. The third kappa shape index (κ3) is 4.10. The van der Waals surface area contributed by atoms with Gasteiger partial charge in [0.25, 0.3) is 5.91 Å². The van der Waals surface area contributed by atoms with Gasteiger partial charge in [0.2, 0.25) is 0 Å². The summed E-state index contributed by atoms with van der Waals surface area (Å²) in [7, 11) is 0. The van der Waals surface area contributed by atoms with Crippen LogP contribution in [0.15, 0.2) is 59.7 Å². The van der Waals surface area contributed by atoms with Crippen LogP contribution in [0.1, 0.15) is 32.4 Å². The fourth-order valence-electron chi connectivity index (χ4n) is 2.15. The highest BCUT2D eigenvalue weighted by Gasteiger charge is 2.26. The summed E-state index contributed by atoms with van der Waals surface area (Å²) in [4.78, 5) is 26.8. The molecule has 1 fully saturated rings. The van der Waals surface area contributed by atoms with E-state index in [9.17, 15) is 9.59 Å². The SMILES string of the molecule is C=C1NC(=O)C(=C\c2ccc[nH]2)/C1=C/C(=C\C)OC(=O)CCC. The van der Waals surface area contributed by atoms with Crippen molar-refractivity contribution in [1.82, 2.24) is 10.3 Å². The van der Waals surface area contributed by atoms with Crippen molar-refractivity contribution >= 4 is 18.0 Å². The predicted molar refractivity (Wildman–Crippen MR) is 88.9 cm³/mol. The van der Waals surface area contributed by atoms with Gasteiger partial charge in [-0.05, 0) is 43.7 Å². The van der Waals surface area contributed by atoms with E-state index >= 15 is 0 Å². The van der Waals surface area contributed by atoms with Gasteiger partial charge in [0.1, 0.15) is 5.76 Å². The number of aromatic amines is 1. The van der Waals surface area contributed by atoms with Crippen LogP contribution in [0.4, 0.5) is 0 Å². The molecule has 2 N–H and O–H groups in total. The minimum absolute atomic E-state index is 0.230. The molecule has 1 aromatic heterocycles. The highest BCUT2D eigenvalue weighted by Crippen LogP contribution is 2.27. The molecule has 5 nitrogen and oxygen atoms in total. The molecule has 2 rings (SSSR count). The topological polar surface area (TPSA) is 71.2 Å². The standard InChI is InChI=1S/C18H20N2O3/c1-4-7-17(21)23-14(5-2)11-15-12(3)20-18(22)16(15)10-13-8-6-9-19-13/h5-6,8-11,19H,3-4,7H2,1-2H3,(H,20,22)/b14-5+,15-11+,16-10-. The smallest absolute Gasteiger partial charge is 0.311 e. The van der Waals surface area contributed by atoms with Crippen molar-refractivity contribution in [2.45, 2.75) is 26.7 Å². The lowest BCUT2D eigenvalue weighted by Gasteiger charge is -2.06. The number of rotatable bonds is 5. The molecule has 120 valence electrons. The first-order valence-corrected chi connectivity index (χ1v) is 7.50. The monoisotopic (exact) mass is 312 g/mol. The van der Waals surface area contributed by atoms with Crippen molar-refractivity contribution in [3.8, 4) is 0 Å². The van der Waals surface area contributed by atoms with Gasteiger partial charge in [0.05, 0.1) is 5.57 Å². The van der Waals surface area contributed by atoms with Gasteiger partial charge >= 0.3 is 5.97 Å². The van der Waals surface area contributed by atoms with Gasteiger partial charge in [0.15, 0.2) is 0 Å². The number of carbonyl (C=O) groups excluding carboxylic acids is 2. The molecule has 1 saturated heterocycles. The summed E-state index contributed by atoms with van der Waals surface area (Å²) in [6, 6.07) is 3.71. The van der Waals surface area contributed by atoms with Gasteiger partial charge < -0.3 is 15.0 Å². The Morgan fingerprint density at radius 1 is 1.39 bits per heavy atom. The van der Waals surface area contributed by atoms with E-state index in [4.69, 9.17) is 4.74 Å². The summed E-state index contributed by atoms with van der Waals surface area (Å²) < 4.78 is 5.30. The van der Waals surface area contributed by atoms with E-state index in [0.717, 1.165) is 12.1 Å². The maximum Gasteiger partial charge on any atom is 0.311 e. The predicted octanol–water partition coefficient (Wildman–Crippen LogP) is 3.22. The van der Waals surface area contributed by atoms with Crippen LogP contribution in [0.25, 0.3) is 6.08 Å². The lowest BCUT2D eigenvalue weighted by atomic mass is 10.1. The molecule has 0 aliphatic carbocycles. The fraction of sp³-hybridized carbons (Fsp3) is 0.222. The molecule has 0 radical (unpaired) electrons. The molecule has 0 saturated carbocycles. The zero-order chi connectivity index (χ0) is 16.8. The Bertz CT molecular complexity index is 707. The molecule has 0 spiro atoms. The van der Waals surface area contributed by atoms with E-state index in [1.54, 1.807) is 31.3 Å². The van der Waals surface area contributed by atoms with Crippen LogP contribution in [0.2, 0.25) is 0 Å². The number of H-pyrrole nitrogens is 1. The number of aromatic nitrogens is 1. The minimum Gasteiger partial charge on any atom is -0.427 e. The van der Waals surface area contributed by atoms with Gasteiger partial charge in [-0.3, -0.25) is 9.59 Å². The molecular weight excluding hydrogens is 292 g/mol. The minimum atomic E-state index is -0.296. The van der Waals surface area contributed by atoms with Crippen molar-refractivity contribution in [2.24, 2.45) is 0 Å². The molecule has 0 atom stereocenters. The summed E-state index contributed by atoms with van der Waals surface area (Å²) in [6.45, 7) is 7.53. The van der Waals surface area contributed by atoms with E-state index in [-0.39, 0.29) is 11.9 Å². The molecular formula is C18H20N2O3. The molecule has 0 aromatic carbocycles. The molecule has 23 heavy (non-hydrogen) atoms. The first-order valence-electron chi connectivity index (χ1n) is 7.50. The number of hydrogen-bond donors (Lipinski definition) is 2. The highest BCUT2D eigenvalue weighted by molar-refractivity contribution is 6.08. The van der Waals surface area contributed by atoms with Crippen molar-refractivity contribution < 1.29 is 14.3 Å². The van der Waals surface area contributed by atoms with E-state index in [1.807, 2.05) is 19.1 Å². The number of carbonyl (C=O) groups is 2. The number of allylic oxidation sites excluding steroid dienone is 3. The van der Waals surface area contributed by atoms with Gasteiger partial charge in [-0.2, -0.15) is 0 Å². The normalized spacial score (nSPS) is 18.6. The maximum absolute atomic E-state index is 12.1. The number of hydrogen-bond acceptors (Lipinski definition) is 3. The molecule has 0 unspecified atom stereocenters. The third-order valence-corrected chi connectivity index (χ3v) is 3.30. The zero-order valence-corrected chi connectivity index (χ0v) is 13.3. The van der Waals surface area contributed by atoms with Gasteiger partial charge in [-0.25, -0.2) is 0 Å². The largest absolute Gasteiger partial charge is 0.427 e. The summed E-state index contributed by atoms with van der Waals surface area (Å²) in [5.41, 5.74) is 2.38. The fourth-order valence-corrected chi connectivity index (χ4v) is 2.15. The Kier molecular flexibility index (Phi) is 5.36. The Morgan fingerprint density at radius 3 is 2.78 bits per heavy atom. The van der Waals surface area contributed by atoms with Crippen molar-refractivity contribution in [3.63, 3.8) is 0 Å². The van der Waals surface area contributed by atoms with Crippen LogP contribution in [-0.2, 0) is 14.3 Å². The maximum atomic E-state index is 12.1. The summed E-state index contributed by atoms with van der Waals surface area (Å²) in [6.07, 6.45) is 7.92. The summed E-state index contributed by atoms with van der Waals surface area (Å²) >= 11 is 0. The second kappa shape index (κ2) is 7.45. The first-order chi connectivity index (χ1) is 11.0. The van der Waals surface area contributed by atoms with Crippen LogP contribution >= 0.6 is 0 Å². The average molecular weight is 312 g/mol. The van der Waals surface area contributed by atoms with Crippen LogP contribution < -0.4 is 5.32 Å². The Hall–Kier alpha value is -2.82. The average Bonchev–Trinajstić information content (AvgIpc) is 3.10. The van der Waals surface area contributed by atoms with Crippen LogP contribution in [-0.4, -0.2) is 16.9 Å². The molecule has 0 bridgehead atoms. The number of nitrogens with one attached hydrogen (secondary N) is 2. The van der Waals surface area contributed by atoms with Gasteiger partial charge in [-0.1, -0.05) is 13.5 Å². The van der Waals surface area contributed by atoms with E-state index in [0.29, 0.717) is 29.0 Å².